The molecule has 0 amide bonds. The molecule has 2 rings (SSSR count). The number of aliphatic imine (C=N–C) groups is 1. The van der Waals surface area contributed by atoms with E-state index in [-0.39, 0.29) is 5.41 Å². The van der Waals surface area contributed by atoms with Crippen molar-refractivity contribution >= 4 is 17.6 Å². The maximum atomic E-state index is 6.21. The summed E-state index contributed by atoms with van der Waals surface area (Å²) in [6.45, 7) is 0.805. The van der Waals surface area contributed by atoms with Gasteiger partial charge in [-0.15, -0.1) is 0 Å². The van der Waals surface area contributed by atoms with Crippen LogP contribution in [0.15, 0.2) is 29.3 Å². The number of nitrogens with zero attached hydrogens (tertiary/aromatic N) is 1. The third-order valence-corrected chi connectivity index (χ3v) is 3.48. The second-order valence-electron chi connectivity index (χ2n) is 4.22. The topological polar surface area (TPSA) is 50.4 Å². The lowest BCUT2D eigenvalue weighted by Crippen LogP contribution is -2.37. The molecule has 0 heterocycles. The van der Waals surface area contributed by atoms with Crippen molar-refractivity contribution in [1.29, 1.82) is 0 Å². The molecule has 0 saturated heterocycles. The molecule has 1 fully saturated rings. The molecule has 1 saturated carbocycles. The van der Waals surface area contributed by atoms with Gasteiger partial charge < -0.3 is 11.1 Å². The third kappa shape index (κ3) is 2.14. The quantitative estimate of drug-likeness (QED) is 0.623. The van der Waals surface area contributed by atoms with Crippen LogP contribution in [0.3, 0.4) is 0 Å². The van der Waals surface area contributed by atoms with Crippen LogP contribution in [-0.4, -0.2) is 19.6 Å². The maximum Gasteiger partial charge on any atom is 0.188 e. The van der Waals surface area contributed by atoms with Crippen molar-refractivity contribution in [2.75, 3.05) is 13.6 Å². The minimum absolute atomic E-state index is 0.160. The van der Waals surface area contributed by atoms with Crippen molar-refractivity contribution in [2.24, 2.45) is 10.7 Å². The van der Waals surface area contributed by atoms with Gasteiger partial charge in [0.05, 0.1) is 0 Å². The molecule has 0 radical (unpaired) electrons. The van der Waals surface area contributed by atoms with Crippen LogP contribution >= 0.6 is 11.6 Å². The molecule has 1 aliphatic carbocycles. The Labute approximate surface area is 101 Å². The fourth-order valence-corrected chi connectivity index (χ4v) is 2.26. The summed E-state index contributed by atoms with van der Waals surface area (Å²) in [7, 11) is 1.68. The molecule has 3 nitrogen and oxygen atoms in total. The first-order valence-corrected chi connectivity index (χ1v) is 5.77. The van der Waals surface area contributed by atoms with E-state index in [1.54, 1.807) is 7.05 Å². The molecule has 0 aromatic heterocycles. The van der Waals surface area contributed by atoms with Crippen molar-refractivity contribution in [3.05, 3.63) is 34.9 Å². The Morgan fingerprint density at radius 2 is 2.19 bits per heavy atom. The van der Waals surface area contributed by atoms with E-state index in [2.05, 4.69) is 16.4 Å². The van der Waals surface area contributed by atoms with Crippen molar-refractivity contribution in [3.8, 4) is 0 Å². The van der Waals surface area contributed by atoms with Crippen LogP contribution in [0.25, 0.3) is 0 Å². The number of hydrogen-bond donors (Lipinski definition) is 2. The van der Waals surface area contributed by atoms with Crippen LogP contribution in [0.1, 0.15) is 18.4 Å². The van der Waals surface area contributed by atoms with E-state index in [0.717, 1.165) is 24.4 Å². The lowest BCUT2D eigenvalue weighted by molar-refractivity contribution is 0.656. The molecule has 0 spiro atoms. The summed E-state index contributed by atoms with van der Waals surface area (Å²) in [5, 5.41) is 3.97. The lowest BCUT2D eigenvalue weighted by Gasteiger charge is -2.18. The zero-order valence-electron chi connectivity index (χ0n) is 9.33. The van der Waals surface area contributed by atoms with Gasteiger partial charge in [-0.05, 0) is 24.5 Å². The van der Waals surface area contributed by atoms with E-state index in [1.807, 2.05) is 18.2 Å². The van der Waals surface area contributed by atoms with Crippen molar-refractivity contribution in [1.82, 2.24) is 5.32 Å². The second-order valence-corrected chi connectivity index (χ2v) is 4.63. The van der Waals surface area contributed by atoms with E-state index in [9.17, 15) is 0 Å². The van der Waals surface area contributed by atoms with Crippen LogP contribution in [0, 0.1) is 0 Å². The second kappa shape index (κ2) is 4.34. The first kappa shape index (κ1) is 11.3. The van der Waals surface area contributed by atoms with Crippen LogP contribution in [0.4, 0.5) is 0 Å². The predicted octanol–water partition coefficient (Wildman–Crippen LogP) is 1.91. The molecule has 0 unspecified atom stereocenters. The molecule has 0 bridgehead atoms. The zero-order chi connectivity index (χ0) is 11.6. The molecule has 3 N–H and O–H groups in total. The molecule has 0 atom stereocenters. The van der Waals surface area contributed by atoms with Gasteiger partial charge in [0.15, 0.2) is 5.96 Å². The van der Waals surface area contributed by atoms with Crippen LogP contribution in [0.2, 0.25) is 5.02 Å². The van der Waals surface area contributed by atoms with Crippen molar-refractivity contribution < 1.29 is 0 Å². The smallest absolute Gasteiger partial charge is 0.188 e. The van der Waals surface area contributed by atoms with Crippen LogP contribution < -0.4 is 11.1 Å². The van der Waals surface area contributed by atoms with Crippen molar-refractivity contribution in [3.63, 3.8) is 0 Å². The Hall–Kier alpha value is -1.22. The van der Waals surface area contributed by atoms with E-state index in [4.69, 9.17) is 17.3 Å². The number of nitrogens with two attached hydrogens (primary N) is 1. The molecule has 86 valence electrons. The third-order valence-electron chi connectivity index (χ3n) is 3.15. The highest BCUT2D eigenvalue weighted by Crippen LogP contribution is 2.49. The van der Waals surface area contributed by atoms with Gasteiger partial charge in [0, 0.05) is 24.0 Å². The van der Waals surface area contributed by atoms with Gasteiger partial charge in [-0.25, -0.2) is 0 Å². The Bertz CT molecular complexity index is 410. The normalized spacial score (nSPS) is 18.2. The fraction of sp³-hybridized carbons (Fsp3) is 0.417. The Morgan fingerprint density at radius 1 is 1.50 bits per heavy atom. The molecule has 4 heteroatoms. The number of nitrogens with one attached hydrogen (secondary N) is 1. The number of benzene rings is 1. The van der Waals surface area contributed by atoms with Gasteiger partial charge in [-0.3, -0.25) is 4.99 Å². The standard InChI is InChI=1S/C12H16ClN3/c1-15-11(14)16-8-12(6-7-12)9-4-2-3-5-10(9)13/h2-5H,6-8H2,1H3,(H3,14,15,16). The average molecular weight is 238 g/mol. The summed E-state index contributed by atoms with van der Waals surface area (Å²) < 4.78 is 0. The molecule has 1 aromatic rings. The molecule has 0 aliphatic heterocycles. The summed E-state index contributed by atoms with van der Waals surface area (Å²) in [5.41, 5.74) is 7.01. The predicted molar refractivity (Wildman–Crippen MR) is 67.9 cm³/mol. The van der Waals surface area contributed by atoms with Crippen molar-refractivity contribution in [2.45, 2.75) is 18.3 Å². The SMILES string of the molecule is CN=C(N)NCC1(c2ccccc2Cl)CC1. The molecule has 1 aromatic carbocycles. The monoisotopic (exact) mass is 237 g/mol. The van der Waals surface area contributed by atoms with Gasteiger partial charge in [0.25, 0.3) is 0 Å². The fourth-order valence-electron chi connectivity index (χ4n) is 1.92. The maximum absolute atomic E-state index is 6.21. The largest absolute Gasteiger partial charge is 0.370 e. The lowest BCUT2D eigenvalue weighted by atomic mass is 9.96. The molecule has 16 heavy (non-hydrogen) atoms. The summed E-state index contributed by atoms with van der Waals surface area (Å²) in [6.07, 6.45) is 2.31. The van der Waals surface area contributed by atoms with E-state index in [1.165, 1.54) is 5.56 Å². The van der Waals surface area contributed by atoms with Gasteiger partial charge in [-0.2, -0.15) is 0 Å². The molecular formula is C12H16ClN3. The van der Waals surface area contributed by atoms with Gasteiger partial charge in [0.2, 0.25) is 0 Å². The van der Waals surface area contributed by atoms with Gasteiger partial charge in [-0.1, -0.05) is 29.8 Å². The number of guanidine groups is 1. The summed E-state index contributed by atoms with van der Waals surface area (Å²) >= 11 is 6.21. The minimum Gasteiger partial charge on any atom is -0.370 e. The van der Waals surface area contributed by atoms with E-state index < -0.39 is 0 Å². The number of rotatable bonds is 3. The Morgan fingerprint density at radius 3 is 2.75 bits per heavy atom. The highest BCUT2D eigenvalue weighted by molar-refractivity contribution is 6.31. The first-order valence-electron chi connectivity index (χ1n) is 5.39. The Balaban J connectivity index is 2.12. The molecular weight excluding hydrogens is 222 g/mol. The highest BCUT2D eigenvalue weighted by atomic mass is 35.5. The van der Waals surface area contributed by atoms with Crippen LogP contribution in [-0.2, 0) is 5.41 Å². The average Bonchev–Trinajstić information content (AvgIpc) is 3.07. The van der Waals surface area contributed by atoms with E-state index >= 15 is 0 Å². The summed E-state index contributed by atoms with van der Waals surface area (Å²) in [6, 6.07) is 8.01. The van der Waals surface area contributed by atoms with Crippen LogP contribution in [0.5, 0.6) is 0 Å². The zero-order valence-corrected chi connectivity index (χ0v) is 10.1. The number of halogens is 1. The van der Waals surface area contributed by atoms with E-state index in [0.29, 0.717) is 5.96 Å². The first-order chi connectivity index (χ1) is 7.68. The number of hydrogen-bond acceptors (Lipinski definition) is 1. The summed E-state index contributed by atoms with van der Waals surface area (Å²) in [5.74, 6) is 0.485. The Kier molecular flexibility index (Phi) is 3.06. The highest BCUT2D eigenvalue weighted by Gasteiger charge is 2.45. The molecule has 1 aliphatic rings. The minimum atomic E-state index is 0.160. The van der Waals surface area contributed by atoms with Gasteiger partial charge in [0.1, 0.15) is 0 Å². The van der Waals surface area contributed by atoms with Gasteiger partial charge >= 0.3 is 0 Å². The summed E-state index contributed by atoms with van der Waals surface area (Å²) in [4.78, 5) is 3.89.